The van der Waals surface area contributed by atoms with Crippen LogP contribution in [0.4, 0.5) is 0 Å². The molecule has 1 N–H and O–H groups in total. The largest absolute Gasteiger partial charge is 0.461 e. The third kappa shape index (κ3) is 3.15. The third-order valence-electron chi connectivity index (χ3n) is 3.54. The van der Waals surface area contributed by atoms with Crippen LogP contribution in [0.15, 0.2) is 59.0 Å². The monoisotopic (exact) mass is 281 g/mol. The van der Waals surface area contributed by atoms with Crippen molar-refractivity contribution < 1.29 is 9.25 Å². The van der Waals surface area contributed by atoms with Gasteiger partial charge in [-0.15, -0.1) is 0 Å². The molecule has 2 aromatic carbocycles. The van der Waals surface area contributed by atoms with E-state index in [-0.39, 0.29) is 0 Å². The maximum Gasteiger partial charge on any atom is 0.134 e. The summed E-state index contributed by atoms with van der Waals surface area (Å²) in [4.78, 5) is 5.55. The molecule has 0 aliphatic carbocycles. The minimum absolute atomic E-state index is 0.554. The molecule has 0 unspecified atom stereocenters. The maximum atomic E-state index is 5.87. The van der Waals surface area contributed by atoms with Crippen LogP contribution in [0.5, 0.6) is 0 Å². The highest BCUT2D eigenvalue weighted by molar-refractivity contribution is 5.82. The molecule has 108 valence electrons. The van der Waals surface area contributed by atoms with Crippen molar-refractivity contribution in [2.75, 3.05) is 0 Å². The summed E-state index contributed by atoms with van der Waals surface area (Å²) in [6, 6.07) is 18.2. The second-order valence-corrected chi connectivity index (χ2v) is 4.95. The van der Waals surface area contributed by atoms with Crippen molar-refractivity contribution in [3.8, 4) is 0 Å². The van der Waals surface area contributed by atoms with Gasteiger partial charge in [0.05, 0.1) is 13.2 Å². The van der Waals surface area contributed by atoms with E-state index in [0.717, 1.165) is 28.7 Å². The van der Waals surface area contributed by atoms with E-state index in [4.69, 9.17) is 9.25 Å². The highest BCUT2D eigenvalue weighted by Crippen LogP contribution is 2.26. The standard InChI is InChI=1S/C18H19NO2/c1-2-17-16(15-10-6-7-11-18(15)21-17)12-19-20-13-14-8-4-3-5-9-14/h3-11,19H,2,12-13H2,1H3. The molecule has 0 fully saturated rings. The van der Waals surface area contributed by atoms with Gasteiger partial charge in [-0.3, -0.25) is 4.84 Å². The Morgan fingerprint density at radius 2 is 1.76 bits per heavy atom. The zero-order valence-electron chi connectivity index (χ0n) is 12.1. The van der Waals surface area contributed by atoms with Crippen molar-refractivity contribution in [2.24, 2.45) is 0 Å². The van der Waals surface area contributed by atoms with E-state index in [2.05, 4.69) is 18.5 Å². The SMILES string of the molecule is CCc1oc2ccccc2c1CNOCc1ccccc1. The van der Waals surface area contributed by atoms with Crippen molar-refractivity contribution in [3.05, 3.63) is 71.5 Å². The molecular formula is C18H19NO2. The first-order valence-electron chi connectivity index (χ1n) is 7.26. The molecular weight excluding hydrogens is 262 g/mol. The van der Waals surface area contributed by atoms with Gasteiger partial charge in [0.1, 0.15) is 11.3 Å². The number of para-hydroxylation sites is 1. The van der Waals surface area contributed by atoms with E-state index in [1.807, 2.05) is 48.5 Å². The molecule has 0 saturated carbocycles. The quantitative estimate of drug-likeness (QED) is 0.542. The van der Waals surface area contributed by atoms with E-state index < -0.39 is 0 Å². The first-order valence-corrected chi connectivity index (χ1v) is 7.26. The molecule has 3 heteroatoms. The molecule has 21 heavy (non-hydrogen) atoms. The number of hydrogen-bond acceptors (Lipinski definition) is 3. The van der Waals surface area contributed by atoms with Crippen molar-refractivity contribution >= 4 is 11.0 Å². The first kappa shape index (κ1) is 13.9. The number of furan rings is 1. The van der Waals surface area contributed by atoms with Crippen LogP contribution < -0.4 is 5.48 Å². The summed E-state index contributed by atoms with van der Waals surface area (Å²) in [6.07, 6.45) is 0.879. The fraction of sp³-hybridized carbons (Fsp3) is 0.222. The van der Waals surface area contributed by atoms with Gasteiger partial charge in [-0.05, 0) is 11.6 Å². The van der Waals surface area contributed by atoms with Gasteiger partial charge in [0.25, 0.3) is 0 Å². The average molecular weight is 281 g/mol. The number of fused-ring (bicyclic) bond motifs is 1. The van der Waals surface area contributed by atoms with Crippen LogP contribution in [0.3, 0.4) is 0 Å². The molecule has 0 spiro atoms. The summed E-state index contributed by atoms with van der Waals surface area (Å²) >= 11 is 0. The lowest BCUT2D eigenvalue weighted by atomic mass is 10.1. The number of aryl methyl sites for hydroxylation is 1. The fourth-order valence-corrected chi connectivity index (χ4v) is 2.46. The molecule has 0 aliphatic heterocycles. The summed E-state index contributed by atoms with van der Waals surface area (Å²) in [5.41, 5.74) is 6.31. The Bertz CT molecular complexity index is 704. The Hall–Kier alpha value is -2.10. The summed E-state index contributed by atoms with van der Waals surface area (Å²) in [6.45, 7) is 3.30. The zero-order chi connectivity index (χ0) is 14.5. The van der Waals surface area contributed by atoms with Gasteiger partial charge in [-0.25, -0.2) is 0 Å². The van der Waals surface area contributed by atoms with Crippen molar-refractivity contribution in [3.63, 3.8) is 0 Å². The molecule has 0 amide bonds. The summed E-state index contributed by atoms with van der Waals surface area (Å²) < 4.78 is 5.87. The predicted molar refractivity (Wildman–Crippen MR) is 83.7 cm³/mol. The summed E-state index contributed by atoms with van der Waals surface area (Å²) in [5, 5.41) is 1.16. The number of hydrogen-bond donors (Lipinski definition) is 1. The van der Waals surface area contributed by atoms with Gasteiger partial charge in [-0.1, -0.05) is 55.5 Å². The molecule has 0 atom stereocenters. The number of hydroxylamine groups is 1. The number of nitrogens with one attached hydrogen (secondary N) is 1. The molecule has 1 aromatic heterocycles. The lowest BCUT2D eigenvalue weighted by Crippen LogP contribution is -2.14. The minimum Gasteiger partial charge on any atom is -0.461 e. The highest BCUT2D eigenvalue weighted by Gasteiger charge is 2.11. The van der Waals surface area contributed by atoms with Crippen LogP contribution in [0, 0.1) is 0 Å². The Balaban J connectivity index is 1.65. The van der Waals surface area contributed by atoms with E-state index >= 15 is 0 Å². The maximum absolute atomic E-state index is 5.87. The van der Waals surface area contributed by atoms with Crippen LogP contribution >= 0.6 is 0 Å². The van der Waals surface area contributed by atoms with Gasteiger partial charge in [0.15, 0.2) is 0 Å². The molecule has 3 nitrogen and oxygen atoms in total. The first-order chi connectivity index (χ1) is 10.4. The summed E-state index contributed by atoms with van der Waals surface area (Å²) in [7, 11) is 0. The van der Waals surface area contributed by atoms with E-state index in [0.29, 0.717) is 13.2 Å². The molecule has 0 saturated heterocycles. The lowest BCUT2D eigenvalue weighted by Gasteiger charge is -2.06. The second-order valence-electron chi connectivity index (χ2n) is 4.95. The normalized spacial score (nSPS) is 11.1. The van der Waals surface area contributed by atoms with Gasteiger partial charge >= 0.3 is 0 Å². The molecule has 0 bridgehead atoms. The fourth-order valence-electron chi connectivity index (χ4n) is 2.46. The Labute approximate surface area is 124 Å². The van der Waals surface area contributed by atoms with E-state index in [1.54, 1.807) is 0 Å². The van der Waals surface area contributed by atoms with Crippen molar-refractivity contribution in [1.82, 2.24) is 5.48 Å². The van der Waals surface area contributed by atoms with Gasteiger partial charge in [0, 0.05) is 17.4 Å². The van der Waals surface area contributed by atoms with Crippen molar-refractivity contribution in [2.45, 2.75) is 26.5 Å². The van der Waals surface area contributed by atoms with Crippen LogP contribution in [0.2, 0.25) is 0 Å². The van der Waals surface area contributed by atoms with Gasteiger partial charge in [0.2, 0.25) is 0 Å². The van der Waals surface area contributed by atoms with Crippen LogP contribution in [0.1, 0.15) is 23.8 Å². The van der Waals surface area contributed by atoms with E-state index in [9.17, 15) is 0 Å². The van der Waals surface area contributed by atoms with Gasteiger partial charge < -0.3 is 4.42 Å². The average Bonchev–Trinajstić information content (AvgIpc) is 2.90. The van der Waals surface area contributed by atoms with Gasteiger partial charge in [-0.2, -0.15) is 5.48 Å². The Kier molecular flexibility index (Phi) is 4.34. The topological polar surface area (TPSA) is 34.4 Å². The Morgan fingerprint density at radius 1 is 1.00 bits per heavy atom. The number of rotatable bonds is 6. The number of benzene rings is 2. The lowest BCUT2D eigenvalue weighted by molar-refractivity contribution is 0.0234. The summed E-state index contributed by atoms with van der Waals surface area (Å²) in [5.74, 6) is 1.02. The minimum atomic E-state index is 0.554. The highest BCUT2D eigenvalue weighted by atomic mass is 16.6. The molecule has 3 rings (SSSR count). The van der Waals surface area contributed by atoms with Crippen LogP contribution in [0.25, 0.3) is 11.0 Å². The molecule has 0 aliphatic rings. The zero-order valence-corrected chi connectivity index (χ0v) is 12.1. The molecule has 0 radical (unpaired) electrons. The van der Waals surface area contributed by atoms with Crippen LogP contribution in [-0.2, 0) is 24.4 Å². The van der Waals surface area contributed by atoms with E-state index in [1.165, 1.54) is 5.56 Å². The van der Waals surface area contributed by atoms with Crippen LogP contribution in [-0.4, -0.2) is 0 Å². The smallest absolute Gasteiger partial charge is 0.134 e. The molecule has 3 aromatic rings. The predicted octanol–water partition coefficient (Wildman–Crippen LogP) is 4.22. The molecule has 1 heterocycles. The third-order valence-corrected chi connectivity index (χ3v) is 3.54. The van der Waals surface area contributed by atoms with Crippen molar-refractivity contribution in [1.29, 1.82) is 0 Å². The second kappa shape index (κ2) is 6.57. The Morgan fingerprint density at radius 3 is 2.57 bits per heavy atom.